The number of allylic oxidation sites excluding steroid dienone is 1. The number of rotatable bonds is 4. The third-order valence-electron chi connectivity index (χ3n) is 4.89. The zero-order valence-corrected chi connectivity index (χ0v) is 14.6. The predicted molar refractivity (Wildman–Crippen MR) is 102 cm³/mol. The molecule has 0 fully saturated rings. The van der Waals surface area contributed by atoms with Crippen molar-refractivity contribution < 1.29 is 4.79 Å². The average molecular weight is 347 g/mol. The van der Waals surface area contributed by atoms with Gasteiger partial charge in [0.25, 0.3) is 11.5 Å². The van der Waals surface area contributed by atoms with Gasteiger partial charge in [-0.05, 0) is 56.4 Å². The number of hydrogen-bond acceptors (Lipinski definition) is 3. The van der Waals surface area contributed by atoms with Gasteiger partial charge in [0.1, 0.15) is 5.65 Å². The maximum absolute atomic E-state index is 12.7. The van der Waals surface area contributed by atoms with E-state index < -0.39 is 0 Å². The first-order valence-corrected chi connectivity index (χ1v) is 9.10. The number of para-hydroxylation sites is 1. The number of fused-ring (bicyclic) bond motifs is 2. The Kier molecular flexibility index (Phi) is 4.52. The lowest BCUT2D eigenvalue weighted by Gasteiger charge is -2.13. The fourth-order valence-corrected chi connectivity index (χ4v) is 3.46. The van der Waals surface area contributed by atoms with Gasteiger partial charge in [0, 0.05) is 12.7 Å². The summed E-state index contributed by atoms with van der Waals surface area (Å²) >= 11 is 0. The molecule has 0 aliphatic heterocycles. The van der Waals surface area contributed by atoms with E-state index in [4.69, 9.17) is 0 Å². The van der Waals surface area contributed by atoms with Gasteiger partial charge < -0.3 is 5.32 Å². The maximum Gasteiger partial charge on any atom is 0.265 e. The van der Waals surface area contributed by atoms with Crippen LogP contribution in [0, 0.1) is 0 Å². The second-order valence-corrected chi connectivity index (χ2v) is 6.69. The highest BCUT2D eigenvalue weighted by atomic mass is 16.1. The van der Waals surface area contributed by atoms with Gasteiger partial charge >= 0.3 is 0 Å². The zero-order chi connectivity index (χ0) is 17.9. The second-order valence-electron chi connectivity index (χ2n) is 6.69. The summed E-state index contributed by atoms with van der Waals surface area (Å²) in [6, 6.07) is 10.7. The van der Waals surface area contributed by atoms with E-state index in [9.17, 15) is 9.59 Å². The number of carbonyl (C=O) groups excluding carboxylic acids is 1. The van der Waals surface area contributed by atoms with E-state index in [0.717, 1.165) is 19.3 Å². The van der Waals surface area contributed by atoms with E-state index in [-0.39, 0.29) is 11.5 Å². The molecule has 2 aromatic heterocycles. The van der Waals surface area contributed by atoms with Crippen molar-refractivity contribution in [1.29, 1.82) is 0 Å². The Morgan fingerprint density at radius 2 is 2.04 bits per heavy atom. The summed E-state index contributed by atoms with van der Waals surface area (Å²) in [6.45, 7) is 0.619. The molecule has 26 heavy (non-hydrogen) atoms. The van der Waals surface area contributed by atoms with Crippen LogP contribution in [0.3, 0.4) is 0 Å². The first-order valence-electron chi connectivity index (χ1n) is 9.10. The summed E-state index contributed by atoms with van der Waals surface area (Å²) in [6.07, 6.45) is 9.57. The summed E-state index contributed by atoms with van der Waals surface area (Å²) in [4.78, 5) is 29.6. The zero-order valence-electron chi connectivity index (χ0n) is 14.6. The fourth-order valence-electron chi connectivity index (χ4n) is 3.46. The molecule has 5 heteroatoms. The molecule has 1 N–H and O–H groups in total. The number of carbonyl (C=O) groups is 1. The lowest BCUT2D eigenvalue weighted by atomic mass is 9.97. The van der Waals surface area contributed by atoms with Crippen molar-refractivity contribution in [3.8, 4) is 0 Å². The molecule has 0 unspecified atom stereocenters. The number of aromatic nitrogens is 2. The monoisotopic (exact) mass is 347 g/mol. The Hall–Kier alpha value is -2.95. The van der Waals surface area contributed by atoms with Crippen LogP contribution in [-0.4, -0.2) is 21.8 Å². The van der Waals surface area contributed by atoms with E-state index >= 15 is 0 Å². The molecule has 0 saturated carbocycles. The number of pyridine rings is 1. The highest BCUT2D eigenvalue weighted by Gasteiger charge is 2.10. The van der Waals surface area contributed by atoms with Crippen LogP contribution in [0.1, 0.15) is 42.5 Å². The van der Waals surface area contributed by atoms with E-state index in [1.54, 1.807) is 24.4 Å². The molecule has 3 aromatic rings. The largest absolute Gasteiger partial charge is 0.352 e. The standard InChI is InChI=1S/C21H21N3O2/c25-20(22-13-12-15-6-2-1-3-7-15)16-10-11-19-23-18-9-5-4-8-17(18)21(26)24(19)14-16/h4-6,8-11,14H,1-3,7,12-13H2,(H,22,25). The van der Waals surface area contributed by atoms with Gasteiger partial charge in [-0.3, -0.25) is 14.0 Å². The lowest BCUT2D eigenvalue weighted by molar-refractivity contribution is 0.0953. The first-order chi connectivity index (χ1) is 12.7. The van der Waals surface area contributed by atoms with Crippen LogP contribution in [0.25, 0.3) is 16.6 Å². The lowest BCUT2D eigenvalue weighted by Crippen LogP contribution is -2.26. The Labute approximate surface area is 151 Å². The number of amides is 1. The molecule has 1 aliphatic carbocycles. The first kappa shape index (κ1) is 16.5. The van der Waals surface area contributed by atoms with Crippen LogP contribution in [0.15, 0.2) is 59.0 Å². The van der Waals surface area contributed by atoms with Crippen molar-refractivity contribution in [3.05, 3.63) is 70.2 Å². The minimum atomic E-state index is -0.164. The Morgan fingerprint density at radius 3 is 2.88 bits per heavy atom. The SMILES string of the molecule is O=C(NCCC1=CCCCC1)c1ccc2nc3ccccc3c(=O)n2c1. The summed E-state index contributed by atoms with van der Waals surface area (Å²) < 4.78 is 1.45. The molecule has 2 heterocycles. The van der Waals surface area contributed by atoms with Gasteiger partial charge in [-0.1, -0.05) is 23.8 Å². The summed E-state index contributed by atoms with van der Waals surface area (Å²) in [7, 11) is 0. The molecule has 5 nitrogen and oxygen atoms in total. The minimum absolute atomic E-state index is 0.160. The van der Waals surface area contributed by atoms with Crippen LogP contribution < -0.4 is 10.9 Å². The van der Waals surface area contributed by atoms with Gasteiger partial charge in [-0.2, -0.15) is 0 Å². The number of nitrogens with zero attached hydrogens (tertiary/aromatic N) is 2. The van der Waals surface area contributed by atoms with Crippen molar-refractivity contribution in [2.75, 3.05) is 6.54 Å². The third-order valence-corrected chi connectivity index (χ3v) is 4.89. The van der Waals surface area contributed by atoms with Crippen LogP contribution in [0.2, 0.25) is 0 Å². The van der Waals surface area contributed by atoms with Crippen molar-refractivity contribution >= 4 is 22.5 Å². The van der Waals surface area contributed by atoms with Crippen molar-refractivity contribution in [1.82, 2.24) is 14.7 Å². The molecule has 0 radical (unpaired) electrons. The highest BCUT2D eigenvalue weighted by Crippen LogP contribution is 2.19. The maximum atomic E-state index is 12.7. The molecule has 1 aromatic carbocycles. The van der Waals surface area contributed by atoms with Crippen molar-refractivity contribution in [2.24, 2.45) is 0 Å². The van der Waals surface area contributed by atoms with Gasteiger partial charge in [-0.15, -0.1) is 0 Å². The van der Waals surface area contributed by atoms with Gasteiger partial charge in [-0.25, -0.2) is 4.98 Å². The molecule has 0 bridgehead atoms. The van der Waals surface area contributed by atoms with Crippen molar-refractivity contribution in [2.45, 2.75) is 32.1 Å². The normalized spacial score (nSPS) is 14.4. The molecular formula is C21H21N3O2. The molecule has 0 spiro atoms. The topological polar surface area (TPSA) is 63.5 Å². The Balaban J connectivity index is 1.55. The molecule has 1 aliphatic rings. The average Bonchev–Trinajstić information content (AvgIpc) is 2.69. The quantitative estimate of drug-likeness (QED) is 0.581. The van der Waals surface area contributed by atoms with E-state index in [2.05, 4.69) is 16.4 Å². The fraction of sp³-hybridized carbons (Fsp3) is 0.286. The molecular weight excluding hydrogens is 326 g/mol. The summed E-state index contributed by atoms with van der Waals surface area (Å²) in [5, 5.41) is 3.50. The van der Waals surface area contributed by atoms with Crippen LogP contribution in [-0.2, 0) is 0 Å². The van der Waals surface area contributed by atoms with E-state index in [1.165, 1.54) is 22.8 Å². The van der Waals surface area contributed by atoms with Crippen LogP contribution in [0.5, 0.6) is 0 Å². The summed E-state index contributed by atoms with van der Waals surface area (Å²) in [5.41, 5.74) is 2.94. The molecule has 1 amide bonds. The molecule has 132 valence electrons. The molecule has 0 saturated heterocycles. The predicted octanol–water partition coefficient (Wildman–Crippen LogP) is 3.47. The minimum Gasteiger partial charge on any atom is -0.352 e. The smallest absolute Gasteiger partial charge is 0.265 e. The number of nitrogens with one attached hydrogen (secondary N) is 1. The molecule has 0 atom stereocenters. The van der Waals surface area contributed by atoms with E-state index in [0.29, 0.717) is 28.7 Å². The summed E-state index contributed by atoms with van der Waals surface area (Å²) in [5.74, 6) is -0.164. The Morgan fingerprint density at radius 1 is 1.15 bits per heavy atom. The number of benzene rings is 1. The van der Waals surface area contributed by atoms with Crippen molar-refractivity contribution in [3.63, 3.8) is 0 Å². The molecule has 4 rings (SSSR count). The second kappa shape index (κ2) is 7.12. The Bertz CT molecular complexity index is 1070. The highest BCUT2D eigenvalue weighted by molar-refractivity contribution is 5.94. The van der Waals surface area contributed by atoms with Gasteiger partial charge in [0.05, 0.1) is 16.5 Å². The van der Waals surface area contributed by atoms with Crippen LogP contribution in [0.4, 0.5) is 0 Å². The van der Waals surface area contributed by atoms with Gasteiger partial charge in [0.2, 0.25) is 0 Å². The van der Waals surface area contributed by atoms with Crippen LogP contribution >= 0.6 is 0 Å². The number of hydrogen-bond donors (Lipinski definition) is 1. The third kappa shape index (κ3) is 3.25. The van der Waals surface area contributed by atoms with E-state index in [1.807, 2.05) is 18.2 Å². The van der Waals surface area contributed by atoms with Gasteiger partial charge in [0.15, 0.2) is 0 Å².